The number of anilines is 2. The fraction of sp³-hybridized carbons (Fsp3) is 0.542. The van der Waals surface area contributed by atoms with Crippen LogP contribution in [0, 0.1) is 12.7 Å². The van der Waals surface area contributed by atoms with Gasteiger partial charge >= 0.3 is 0 Å². The zero-order valence-corrected chi connectivity index (χ0v) is 18.2. The monoisotopic (exact) mass is 423 g/mol. The maximum absolute atomic E-state index is 13.3. The van der Waals surface area contributed by atoms with Crippen LogP contribution in [0.15, 0.2) is 30.3 Å². The van der Waals surface area contributed by atoms with Gasteiger partial charge in [0.05, 0.1) is 5.41 Å². The van der Waals surface area contributed by atoms with Crippen LogP contribution in [0.3, 0.4) is 0 Å². The van der Waals surface area contributed by atoms with Crippen molar-refractivity contribution in [2.24, 2.45) is 0 Å². The zero-order chi connectivity index (χ0) is 21.4. The molecule has 0 N–H and O–H groups in total. The molecular weight excluding hydrogens is 393 g/mol. The Bertz CT molecular complexity index is 945. The Morgan fingerprint density at radius 1 is 0.903 bits per heavy atom. The summed E-state index contributed by atoms with van der Waals surface area (Å²) in [6, 6.07) is 8.51. The van der Waals surface area contributed by atoms with Crippen molar-refractivity contribution in [3.05, 3.63) is 47.4 Å². The van der Waals surface area contributed by atoms with Crippen LogP contribution in [-0.2, 0) is 10.2 Å². The number of aryl methyl sites for hydroxylation is 1. The van der Waals surface area contributed by atoms with Gasteiger partial charge in [-0.1, -0.05) is 12.1 Å². The first-order valence-corrected chi connectivity index (χ1v) is 11.5. The highest BCUT2D eigenvalue weighted by Crippen LogP contribution is 2.49. The third-order valence-electron chi connectivity index (χ3n) is 6.91. The highest BCUT2D eigenvalue weighted by Gasteiger charge is 2.53. The highest BCUT2D eigenvalue weighted by atomic mass is 19.1. The van der Waals surface area contributed by atoms with Gasteiger partial charge in [-0.25, -0.2) is 9.37 Å². The number of amides is 1. The Morgan fingerprint density at radius 3 is 2.23 bits per heavy atom. The van der Waals surface area contributed by atoms with Crippen molar-refractivity contribution in [1.29, 1.82) is 0 Å². The fourth-order valence-electron chi connectivity index (χ4n) is 4.90. The summed E-state index contributed by atoms with van der Waals surface area (Å²) in [5.74, 6) is 1.71. The number of aromatic nitrogens is 2. The number of carbonyl (C=O) groups excluding carboxylic acids is 1. The van der Waals surface area contributed by atoms with Crippen molar-refractivity contribution in [3.8, 4) is 0 Å². The van der Waals surface area contributed by atoms with E-state index in [-0.39, 0.29) is 11.7 Å². The number of nitrogens with zero attached hydrogens (tertiary/aromatic N) is 5. The topological polar surface area (TPSA) is 52.6 Å². The van der Waals surface area contributed by atoms with E-state index in [4.69, 9.17) is 4.98 Å². The standard InChI is InChI=1S/C24H30FN5O/c1-18-17-21(28-11-3-2-4-12-28)27-23(26-18)30-15-13-29(14-16-30)22(31)24(9-10-24)19-5-7-20(25)8-6-19/h5-8,17H,2-4,9-16H2,1H3. The van der Waals surface area contributed by atoms with Gasteiger partial charge in [-0.15, -0.1) is 0 Å². The van der Waals surface area contributed by atoms with Crippen LogP contribution in [-0.4, -0.2) is 60.0 Å². The van der Waals surface area contributed by atoms with Crippen LogP contribution < -0.4 is 9.80 Å². The molecule has 1 aliphatic carbocycles. The summed E-state index contributed by atoms with van der Waals surface area (Å²) < 4.78 is 13.3. The number of carbonyl (C=O) groups is 1. The molecule has 6 nitrogen and oxygen atoms in total. The predicted molar refractivity (Wildman–Crippen MR) is 119 cm³/mol. The Labute approximate surface area is 183 Å². The second-order valence-corrected chi connectivity index (χ2v) is 9.08. The summed E-state index contributed by atoms with van der Waals surface area (Å²) in [6.45, 7) is 6.93. The molecule has 1 amide bonds. The van der Waals surface area contributed by atoms with Gasteiger partial charge in [0.15, 0.2) is 0 Å². The van der Waals surface area contributed by atoms with E-state index in [1.807, 2.05) is 11.8 Å². The molecular formula is C24H30FN5O. The van der Waals surface area contributed by atoms with E-state index in [9.17, 15) is 9.18 Å². The lowest BCUT2D eigenvalue weighted by Crippen LogP contribution is -2.52. The van der Waals surface area contributed by atoms with E-state index in [1.54, 1.807) is 12.1 Å². The lowest BCUT2D eigenvalue weighted by Gasteiger charge is -2.37. The Balaban J connectivity index is 1.26. The van der Waals surface area contributed by atoms with Crippen LogP contribution >= 0.6 is 0 Å². The van der Waals surface area contributed by atoms with Crippen LogP contribution in [0.25, 0.3) is 0 Å². The minimum atomic E-state index is -0.447. The van der Waals surface area contributed by atoms with Crippen molar-refractivity contribution < 1.29 is 9.18 Å². The molecule has 2 saturated heterocycles. The van der Waals surface area contributed by atoms with Gasteiger partial charge in [-0.3, -0.25) is 4.79 Å². The Hall–Kier alpha value is -2.70. The van der Waals surface area contributed by atoms with Gasteiger partial charge < -0.3 is 14.7 Å². The number of benzene rings is 1. The number of rotatable bonds is 4. The molecule has 3 heterocycles. The molecule has 0 bridgehead atoms. The molecule has 164 valence electrons. The minimum Gasteiger partial charge on any atom is -0.356 e. The fourth-order valence-corrected chi connectivity index (χ4v) is 4.90. The Morgan fingerprint density at radius 2 is 1.58 bits per heavy atom. The first-order valence-electron chi connectivity index (χ1n) is 11.5. The molecule has 5 rings (SSSR count). The van der Waals surface area contributed by atoms with E-state index in [2.05, 4.69) is 20.9 Å². The maximum Gasteiger partial charge on any atom is 0.233 e. The number of piperazine rings is 1. The molecule has 0 unspecified atom stereocenters. The molecule has 2 aliphatic heterocycles. The number of piperidine rings is 1. The molecule has 7 heteroatoms. The summed E-state index contributed by atoms with van der Waals surface area (Å²) in [7, 11) is 0. The lowest BCUT2D eigenvalue weighted by molar-refractivity contribution is -0.134. The molecule has 1 aromatic carbocycles. The average molecular weight is 424 g/mol. The Kier molecular flexibility index (Phi) is 5.28. The predicted octanol–water partition coefficient (Wildman–Crippen LogP) is 3.29. The van der Waals surface area contributed by atoms with Crippen LogP contribution in [0.2, 0.25) is 0 Å². The van der Waals surface area contributed by atoms with E-state index < -0.39 is 5.41 Å². The quantitative estimate of drug-likeness (QED) is 0.755. The minimum absolute atomic E-state index is 0.179. The van der Waals surface area contributed by atoms with Crippen molar-refractivity contribution in [2.45, 2.75) is 44.4 Å². The second-order valence-electron chi connectivity index (χ2n) is 9.08. The normalized spacial score (nSPS) is 20.6. The smallest absolute Gasteiger partial charge is 0.233 e. The molecule has 31 heavy (non-hydrogen) atoms. The summed E-state index contributed by atoms with van der Waals surface area (Å²) in [4.78, 5) is 29.4. The first kappa shape index (κ1) is 20.2. The van der Waals surface area contributed by atoms with Crippen molar-refractivity contribution in [1.82, 2.24) is 14.9 Å². The lowest BCUT2D eigenvalue weighted by atomic mass is 9.94. The average Bonchev–Trinajstić information content (AvgIpc) is 3.61. The third kappa shape index (κ3) is 3.98. The van der Waals surface area contributed by atoms with Crippen LogP contribution in [0.1, 0.15) is 43.4 Å². The van der Waals surface area contributed by atoms with Crippen molar-refractivity contribution in [3.63, 3.8) is 0 Å². The van der Waals surface area contributed by atoms with Gasteiger partial charge in [-0.2, -0.15) is 4.98 Å². The van der Waals surface area contributed by atoms with Gasteiger partial charge in [-0.05, 0) is 56.7 Å². The first-order chi connectivity index (χ1) is 15.0. The van der Waals surface area contributed by atoms with Crippen LogP contribution in [0.4, 0.5) is 16.2 Å². The SMILES string of the molecule is Cc1cc(N2CCCCC2)nc(N2CCN(C(=O)C3(c4ccc(F)cc4)CC3)CC2)n1. The van der Waals surface area contributed by atoms with E-state index >= 15 is 0 Å². The molecule has 1 aromatic heterocycles. The van der Waals surface area contributed by atoms with Crippen molar-refractivity contribution in [2.75, 3.05) is 49.1 Å². The van der Waals surface area contributed by atoms with Gasteiger partial charge in [0.2, 0.25) is 11.9 Å². The summed E-state index contributed by atoms with van der Waals surface area (Å²) in [6.07, 6.45) is 5.42. The largest absolute Gasteiger partial charge is 0.356 e. The number of hydrogen-bond acceptors (Lipinski definition) is 5. The molecule has 3 fully saturated rings. The number of hydrogen-bond donors (Lipinski definition) is 0. The van der Waals surface area contributed by atoms with Crippen molar-refractivity contribution >= 4 is 17.7 Å². The summed E-state index contributed by atoms with van der Waals surface area (Å²) in [5.41, 5.74) is 1.48. The second kappa shape index (κ2) is 8.09. The molecule has 1 saturated carbocycles. The zero-order valence-electron chi connectivity index (χ0n) is 18.2. The molecule has 0 atom stereocenters. The highest BCUT2D eigenvalue weighted by molar-refractivity contribution is 5.91. The molecule has 0 radical (unpaired) electrons. The number of halogens is 1. The molecule has 2 aromatic rings. The van der Waals surface area contributed by atoms with Crippen LogP contribution in [0.5, 0.6) is 0 Å². The van der Waals surface area contributed by atoms with E-state index in [1.165, 1.54) is 31.4 Å². The van der Waals surface area contributed by atoms with Gasteiger partial charge in [0.1, 0.15) is 11.6 Å². The van der Waals surface area contributed by atoms with E-state index in [0.717, 1.165) is 62.0 Å². The summed E-state index contributed by atoms with van der Waals surface area (Å²) >= 11 is 0. The third-order valence-corrected chi connectivity index (χ3v) is 6.91. The van der Waals surface area contributed by atoms with Gasteiger partial charge in [0.25, 0.3) is 0 Å². The maximum atomic E-state index is 13.3. The van der Waals surface area contributed by atoms with E-state index in [0.29, 0.717) is 13.1 Å². The molecule has 0 spiro atoms. The van der Waals surface area contributed by atoms with Gasteiger partial charge in [0, 0.05) is 51.0 Å². The molecule has 3 aliphatic rings. The summed E-state index contributed by atoms with van der Waals surface area (Å²) in [5, 5.41) is 0.